The molecule has 0 unspecified atom stereocenters. The molecule has 2 atom stereocenters. The Labute approximate surface area is 242 Å². The molecule has 0 bridgehead atoms. The summed E-state index contributed by atoms with van der Waals surface area (Å²) in [5.41, 5.74) is 1.60. The van der Waals surface area contributed by atoms with E-state index in [1.165, 1.54) is 0 Å². The lowest BCUT2D eigenvalue weighted by Crippen LogP contribution is -2.53. The highest BCUT2D eigenvalue weighted by Gasteiger charge is 2.35. The molecule has 2 aliphatic rings. The van der Waals surface area contributed by atoms with Crippen molar-refractivity contribution in [1.82, 2.24) is 20.4 Å². The minimum Gasteiger partial charge on any atom is -0.444 e. The van der Waals surface area contributed by atoms with Crippen molar-refractivity contribution in [3.8, 4) is 0 Å². The quantitative estimate of drug-likeness (QED) is 0.362. The van der Waals surface area contributed by atoms with E-state index in [2.05, 4.69) is 71.7 Å². The molecule has 0 aromatic heterocycles. The molecule has 2 aromatic carbocycles. The van der Waals surface area contributed by atoms with E-state index in [0.29, 0.717) is 26.2 Å². The summed E-state index contributed by atoms with van der Waals surface area (Å²) in [7, 11) is 0. The van der Waals surface area contributed by atoms with Gasteiger partial charge in [0.15, 0.2) is 0 Å². The number of carbonyl (C=O) groups is 2. The van der Waals surface area contributed by atoms with Crippen LogP contribution in [0.2, 0.25) is 0 Å². The van der Waals surface area contributed by atoms with E-state index in [9.17, 15) is 9.59 Å². The van der Waals surface area contributed by atoms with Gasteiger partial charge in [0, 0.05) is 41.2 Å². The summed E-state index contributed by atoms with van der Waals surface area (Å²) in [6, 6.07) is 16.1. The molecule has 1 aliphatic heterocycles. The second-order valence-corrected chi connectivity index (χ2v) is 13.0. The lowest BCUT2D eigenvalue weighted by molar-refractivity contribution is 0.00813. The highest BCUT2D eigenvalue weighted by Crippen LogP contribution is 2.36. The van der Waals surface area contributed by atoms with Gasteiger partial charge in [-0.15, -0.1) is 0 Å². The van der Waals surface area contributed by atoms with Gasteiger partial charge in [-0.25, -0.2) is 9.59 Å². The van der Waals surface area contributed by atoms with Crippen molar-refractivity contribution in [1.29, 1.82) is 0 Å². The van der Waals surface area contributed by atoms with Crippen molar-refractivity contribution in [3.05, 3.63) is 68.6 Å². The second kappa shape index (κ2) is 12.8. The van der Waals surface area contributed by atoms with Crippen molar-refractivity contribution < 1.29 is 14.3 Å². The predicted octanol–water partition coefficient (Wildman–Crippen LogP) is 6.79. The maximum atomic E-state index is 13.3. The predicted molar refractivity (Wildman–Crippen MR) is 157 cm³/mol. The Hall–Kier alpha value is -2.10. The van der Waals surface area contributed by atoms with Gasteiger partial charge in [0.2, 0.25) is 0 Å². The zero-order valence-electron chi connectivity index (χ0n) is 22.4. The first-order valence-electron chi connectivity index (χ1n) is 13.4. The fourth-order valence-electron chi connectivity index (χ4n) is 5.24. The smallest absolute Gasteiger partial charge is 0.410 e. The van der Waals surface area contributed by atoms with Crippen LogP contribution in [-0.2, 0) is 4.74 Å². The number of piperazine rings is 1. The van der Waals surface area contributed by atoms with Crippen molar-refractivity contribution in [2.75, 3.05) is 26.2 Å². The van der Waals surface area contributed by atoms with E-state index < -0.39 is 5.60 Å². The fourth-order valence-corrected chi connectivity index (χ4v) is 5.76. The first-order valence-corrected chi connectivity index (χ1v) is 15.0. The third-order valence-corrected chi connectivity index (χ3v) is 8.15. The van der Waals surface area contributed by atoms with E-state index in [1.807, 2.05) is 45.0 Å². The molecule has 9 heteroatoms. The van der Waals surface area contributed by atoms with Crippen LogP contribution < -0.4 is 10.6 Å². The molecule has 2 fully saturated rings. The molecular formula is C29H38Br2N4O3. The number of carbonyl (C=O) groups excluding carboxylic acids is 2. The zero-order valence-corrected chi connectivity index (χ0v) is 25.6. The van der Waals surface area contributed by atoms with Crippen LogP contribution in [0, 0.1) is 0 Å². The van der Waals surface area contributed by atoms with E-state index >= 15 is 0 Å². The average Bonchev–Trinajstić information content (AvgIpc) is 3.37. The van der Waals surface area contributed by atoms with Gasteiger partial charge in [0.25, 0.3) is 0 Å². The molecule has 1 heterocycles. The number of rotatable bonds is 6. The monoisotopic (exact) mass is 648 g/mol. The first-order chi connectivity index (χ1) is 18.1. The fraction of sp³-hybridized carbons (Fsp3) is 0.517. The van der Waals surface area contributed by atoms with Crippen LogP contribution >= 0.6 is 31.9 Å². The second-order valence-electron chi connectivity index (χ2n) is 11.1. The highest BCUT2D eigenvalue weighted by atomic mass is 79.9. The Bertz CT molecular complexity index is 1070. The number of ether oxygens (including phenoxy) is 1. The van der Waals surface area contributed by atoms with E-state index in [0.717, 1.165) is 45.8 Å². The van der Waals surface area contributed by atoms with Crippen LogP contribution in [0.3, 0.4) is 0 Å². The van der Waals surface area contributed by atoms with Crippen LogP contribution in [0.1, 0.15) is 69.7 Å². The van der Waals surface area contributed by atoms with E-state index in [4.69, 9.17) is 4.74 Å². The van der Waals surface area contributed by atoms with Crippen LogP contribution in [0.15, 0.2) is 57.5 Å². The van der Waals surface area contributed by atoms with Gasteiger partial charge in [0.05, 0.1) is 12.1 Å². The zero-order chi connectivity index (χ0) is 27.3. The van der Waals surface area contributed by atoms with Gasteiger partial charge in [-0.1, -0.05) is 69.0 Å². The molecular weight excluding hydrogens is 612 g/mol. The number of amides is 3. The lowest BCUT2D eigenvalue weighted by atomic mass is 9.91. The van der Waals surface area contributed by atoms with Crippen LogP contribution in [0.25, 0.3) is 0 Å². The Morgan fingerprint density at radius 3 is 1.92 bits per heavy atom. The third kappa shape index (κ3) is 7.96. The molecule has 7 nitrogen and oxygen atoms in total. The minimum absolute atomic E-state index is 0.126. The summed E-state index contributed by atoms with van der Waals surface area (Å²) >= 11 is 7.11. The topological polar surface area (TPSA) is 73.9 Å². The first kappa shape index (κ1) is 28.9. The Kier molecular flexibility index (Phi) is 9.76. The Morgan fingerprint density at radius 2 is 1.39 bits per heavy atom. The molecule has 3 amide bonds. The summed E-state index contributed by atoms with van der Waals surface area (Å²) in [4.78, 5) is 30.1. The number of nitrogens with one attached hydrogen (secondary N) is 2. The largest absolute Gasteiger partial charge is 0.444 e. The third-order valence-electron chi connectivity index (χ3n) is 7.09. The Morgan fingerprint density at radius 1 is 0.868 bits per heavy atom. The van der Waals surface area contributed by atoms with Crippen molar-refractivity contribution >= 4 is 44.0 Å². The number of nitrogens with zero attached hydrogens (tertiary/aromatic N) is 2. The molecule has 2 aromatic rings. The van der Waals surface area contributed by atoms with Crippen molar-refractivity contribution in [2.24, 2.45) is 0 Å². The van der Waals surface area contributed by atoms with Gasteiger partial charge >= 0.3 is 12.1 Å². The van der Waals surface area contributed by atoms with Gasteiger partial charge < -0.3 is 20.3 Å². The molecule has 4 rings (SSSR count). The maximum Gasteiger partial charge on any atom is 0.410 e. The van der Waals surface area contributed by atoms with E-state index in [-0.39, 0.29) is 30.2 Å². The minimum atomic E-state index is -0.530. The van der Waals surface area contributed by atoms with Crippen LogP contribution in [0.5, 0.6) is 0 Å². The van der Waals surface area contributed by atoms with Crippen LogP contribution in [-0.4, -0.2) is 59.7 Å². The normalized spacial score (nSPS) is 18.6. The average molecular weight is 650 g/mol. The molecule has 1 saturated carbocycles. The SMILES string of the molecule is CC(C)(C)OC(=O)N1CCN([C@H](c2ccc(Br)cc2)[C@@H](NC(=O)NC2CCCC2)c2ccc(Br)cc2)CC1. The van der Waals surface area contributed by atoms with Gasteiger partial charge in [0.1, 0.15) is 5.60 Å². The van der Waals surface area contributed by atoms with E-state index in [1.54, 1.807) is 4.90 Å². The van der Waals surface area contributed by atoms with Crippen molar-refractivity contribution in [2.45, 2.75) is 70.2 Å². The van der Waals surface area contributed by atoms with Gasteiger partial charge in [-0.2, -0.15) is 0 Å². The molecule has 1 saturated heterocycles. The summed E-state index contributed by atoms with van der Waals surface area (Å²) in [6.07, 6.45) is 4.09. The summed E-state index contributed by atoms with van der Waals surface area (Å²) < 4.78 is 7.60. The molecule has 0 spiro atoms. The number of halogens is 2. The number of hydrogen-bond donors (Lipinski definition) is 2. The summed E-state index contributed by atoms with van der Waals surface area (Å²) in [5.74, 6) is 0. The van der Waals surface area contributed by atoms with Gasteiger partial charge in [-0.05, 0) is 69.0 Å². The molecule has 38 heavy (non-hydrogen) atoms. The molecule has 1 aliphatic carbocycles. The van der Waals surface area contributed by atoms with Crippen LogP contribution in [0.4, 0.5) is 9.59 Å². The number of hydrogen-bond acceptors (Lipinski definition) is 4. The Balaban J connectivity index is 1.61. The highest BCUT2D eigenvalue weighted by molar-refractivity contribution is 9.10. The lowest BCUT2D eigenvalue weighted by Gasteiger charge is -2.43. The summed E-state index contributed by atoms with van der Waals surface area (Å²) in [6.45, 7) is 8.10. The maximum absolute atomic E-state index is 13.3. The molecule has 206 valence electrons. The molecule has 0 radical (unpaired) electrons. The van der Waals surface area contributed by atoms with Gasteiger partial charge in [-0.3, -0.25) is 4.90 Å². The number of urea groups is 1. The number of benzene rings is 2. The summed E-state index contributed by atoms with van der Waals surface area (Å²) in [5, 5.41) is 6.53. The van der Waals surface area contributed by atoms with Crippen molar-refractivity contribution in [3.63, 3.8) is 0 Å². The molecule has 2 N–H and O–H groups in total. The standard InChI is InChI=1S/C29H38Br2N4O3/c1-29(2,3)38-28(37)35-18-16-34(17-19-35)26(21-10-14-23(31)15-11-21)25(20-8-12-22(30)13-9-20)33-27(36)32-24-6-4-5-7-24/h8-15,24-26H,4-7,16-19H2,1-3H3,(H2,32,33,36)/t25-,26+/m0/s1.